The van der Waals surface area contributed by atoms with Crippen LogP contribution in [-0.2, 0) is 0 Å². The van der Waals surface area contributed by atoms with Crippen LogP contribution in [0.4, 0.5) is 0 Å². The van der Waals surface area contributed by atoms with Crippen LogP contribution >= 0.6 is 0 Å². The van der Waals surface area contributed by atoms with Crippen LogP contribution < -0.4 is 0 Å². The molecule has 68 heavy (non-hydrogen) atoms. The lowest BCUT2D eigenvalue weighted by atomic mass is 9.89. The first-order chi connectivity index (χ1) is 33.6. The van der Waals surface area contributed by atoms with Gasteiger partial charge in [-0.1, -0.05) is 109 Å². The first-order valence-corrected chi connectivity index (χ1v) is 22.3. The van der Waals surface area contributed by atoms with Crippen LogP contribution in [0.15, 0.2) is 195 Å². The van der Waals surface area contributed by atoms with E-state index in [1.54, 1.807) is 24.8 Å². The molecule has 0 unspecified atom stereocenters. The fourth-order valence-electron chi connectivity index (χ4n) is 9.52. The second kappa shape index (κ2) is 15.0. The minimum absolute atomic E-state index is 0.553. The Morgan fingerprint density at radius 1 is 0.235 bits per heavy atom. The monoisotopic (exact) mass is 868 g/mol. The Morgan fingerprint density at radius 3 is 0.838 bits per heavy atom. The van der Waals surface area contributed by atoms with Gasteiger partial charge in [0.05, 0.1) is 22.1 Å². The maximum absolute atomic E-state index is 5.23. The van der Waals surface area contributed by atoms with E-state index in [9.17, 15) is 0 Å². The van der Waals surface area contributed by atoms with Crippen LogP contribution in [0.25, 0.3) is 144 Å². The minimum Gasteiger partial charge on any atom is -0.256 e. The molecular formula is C58H32N10. The molecule has 0 aliphatic heterocycles. The molecule has 10 nitrogen and oxygen atoms in total. The zero-order valence-corrected chi connectivity index (χ0v) is 35.9. The van der Waals surface area contributed by atoms with Gasteiger partial charge in [-0.05, 0) is 93.0 Å². The molecule has 14 rings (SSSR count). The molecule has 0 fully saturated rings. The summed E-state index contributed by atoms with van der Waals surface area (Å²) < 4.78 is 0. The third-order valence-electron chi connectivity index (χ3n) is 12.9. The Bertz CT molecular complexity index is 3890. The number of pyridine rings is 4. The molecule has 0 N–H and O–H groups in total. The van der Waals surface area contributed by atoms with E-state index in [1.165, 1.54) is 0 Å². The van der Waals surface area contributed by atoms with Gasteiger partial charge in [-0.25, -0.2) is 29.9 Å². The van der Waals surface area contributed by atoms with E-state index in [-0.39, 0.29) is 0 Å². The normalized spacial score (nSPS) is 11.8. The highest BCUT2D eigenvalue weighted by atomic mass is 15.0. The second-order valence-corrected chi connectivity index (χ2v) is 16.9. The lowest BCUT2D eigenvalue weighted by molar-refractivity contribution is 1.08. The molecule has 0 saturated heterocycles. The van der Waals surface area contributed by atoms with Crippen LogP contribution in [-0.4, -0.2) is 49.8 Å². The van der Waals surface area contributed by atoms with E-state index < -0.39 is 0 Å². The molecule has 0 aliphatic rings. The van der Waals surface area contributed by atoms with Gasteiger partial charge < -0.3 is 0 Å². The molecule has 0 atom stereocenters. The second-order valence-electron chi connectivity index (χ2n) is 16.9. The van der Waals surface area contributed by atoms with E-state index >= 15 is 0 Å². The van der Waals surface area contributed by atoms with E-state index in [0.717, 1.165) is 109 Å². The topological polar surface area (TPSA) is 129 Å². The summed E-state index contributed by atoms with van der Waals surface area (Å²) in [5.41, 5.74) is 8.62. The van der Waals surface area contributed by atoms with Gasteiger partial charge in [-0.15, -0.1) is 0 Å². The summed E-state index contributed by atoms with van der Waals surface area (Å²) >= 11 is 0. The van der Waals surface area contributed by atoms with Crippen molar-refractivity contribution in [3.8, 4) is 68.3 Å². The minimum atomic E-state index is 0.553. The van der Waals surface area contributed by atoms with Crippen molar-refractivity contribution < 1.29 is 0 Å². The predicted molar refractivity (Wildman–Crippen MR) is 271 cm³/mol. The Kier molecular flexibility index (Phi) is 8.34. The summed E-state index contributed by atoms with van der Waals surface area (Å²) in [7, 11) is 0. The summed E-state index contributed by atoms with van der Waals surface area (Å²) in [6.45, 7) is 0. The number of benzene rings is 8. The Hall–Kier alpha value is -9.54. The standard InChI is InChI=1S/C58H32N10/c1-5-33-9-13-39(29-47(33)59-25-1)53-63-54(40-14-10-34-6-2-26-60-48(34)30-40)66-57(65-53)45-23-19-37-18-22-44-46(24-20-38-17-21-43(45)51(37)52(38)44)58-67-55(41-15-11-35-7-3-27-61-49(35)31-41)64-56(68-58)42-16-12-36-8-4-28-62-50(36)32-42/h1-32H. The summed E-state index contributed by atoms with van der Waals surface area (Å²) in [6, 6.07) is 57.9. The number of fused-ring (bicyclic) bond motifs is 4. The lowest BCUT2D eigenvalue weighted by Gasteiger charge is -2.16. The van der Waals surface area contributed by atoms with E-state index in [0.29, 0.717) is 34.9 Å². The molecule has 8 aromatic carbocycles. The van der Waals surface area contributed by atoms with Crippen LogP contribution in [0.5, 0.6) is 0 Å². The van der Waals surface area contributed by atoms with Gasteiger partial charge in [0.15, 0.2) is 34.9 Å². The van der Waals surface area contributed by atoms with Gasteiger partial charge in [0.1, 0.15) is 0 Å². The number of aromatic nitrogens is 10. The molecule has 0 amide bonds. The van der Waals surface area contributed by atoms with E-state index in [4.69, 9.17) is 29.9 Å². The summed E-state index contributed by atoms with van der Waals surface area (Å²) in [6.07, 6.45) is 7.22. The zero-order chi connectivity index (χ0) is 44.7. The van der Waals surface area contributed by atoms with Gasteiger partial charge in [0.25, 0.3) is 0 Å². The molecule has 0 radical (unpaired) electrons. The molecule has 0 aliphatic carbocycles. The van der Waals surface area contributed by atoms with Crippen molar-refractivity contribution >= 4 is 75.9 Å². The SMILES string of the molecule is c1cnc2cc(-c3nc(-c4ccc5cccnc5c4)nc(-c4ccc5ccc6c(-c7nc(-c8ccc9cccnc9c8)nc(-c8ccc9cccnc9c8)n7)ccc7ccc4c5c76)n3)ccc2c1. The average Bonchev–Trinajstić information content (AvgIpc) is 3.41. The van der Waals surface area contributed by atoms with Crippen molar-refractivity contribution in [2.75, 3.05) is 0 Å². The summed E-state index contributed by atoms with van der Waals surface area (Å²) in [5.74, 6) is 3.34. The molecule has 6 heterocycles. The van der Waals surface area contributed by atoms with Gasteiger partial charge in [0.2, 0.25) is 0 Å². The Morgan fingerprint density at radius 2 is 0.515 bits per heavy atom. The molecular weight excluding hydrogens is 837 g/mol. The first-order valence-electron chi connectivity index (χ1n) is 22.3. The molecule has 314 valence electrons. The highest BCUT2D eigenvalue weighted by Crippen LogP contribution is 2.42. The van der Waals surface area contributed by atoms with E-state index in [1.807, 2.05) is 72.8 Å². The van der Waals surface area contributed by atoms with Gasteiger partial charge in [-0.2, -0.15) is 0 Å². The third-order valence-corrected chi connectivity index (χ3v) is 12.9. The number of nitrogens with zero attached hydrogens (tertiary/aromatic N) is 10. The van der Waals surface area contributed by atoms with Crippen LogP contribution in [0, 0.1) is 0 Å². The van der Waals surface area contributed by atoms with Crippen LogP contribution in [0.1, 0.15) is 0 Å². The number of rotatable bonds is 6. The Balaban J connectivity index is 0.972. The van der Waals surface area contributed by atoms with E-state index in [2.05, 4.69) is 117 Å². The van der Waals surface area contributed by atoms with Crippen molar-refractivity contribution in [3.63, 3.8) is 0 Å². The molecule has 6 aromatic heterocycles. The summed E-state index contributed by atoms with van der Waals surface area (Å²) in [5, 5.41) is 10.6. The fraction of sp³-hybridized carbons (Fsp3) is 0. The molecule has 0 bridgehead atoms. The van der Waals surface area contributed by atoms with Gasteiger partial charge in [0, 0.05) is 79.7 Å². The summed E-state index contributed by atoms with van der Waals surface area (Å²) in [4.78, 5) is 49.7. The van der Waals surface area contributed by atoms with Crippen LogP contribution in [0.2, 0.25) is 0 Å². The van der Waals surface area contributed by atoms with Gasteiger partial charge >= 0.3 is 0 Å². The third kappa shape index (κ3) is 6.27. The smallest absolute Gasteiger partial charge is 0.164 e. The predicted octanol–water partition coefficient (Wildman–Crippen LogP) is 13.1. The number of hydrogen-bond donors (Lipinski definition) is 0. The van der Waals surface area contributed by atoms with Crippen molar-refractivity contribution in [2.45, 2.75) is 0 Å². The molecule has 14 aromatic rings. The highest BCUT2D eigenvalue weighted by Gasteiger charge is 2.21. The highest BCUT2D eigenvalue weighted by molar-refractivity contribution is 6.27. The maximum Gasteiger partial charge on any atom is 0.164 e. The first kappa shape index (κ1) is 37.8. The van der Waals surface area contributed by atoms with Crippen LogP contribution in [0.3, 0.4) is 0 Å². The average molecular weight is 869 g/mol. The van der Waals surface area contributed by atoms with Crippen molar-refractivity contribution in [1.29, 1.82) is 0 Å². The van der Waals surface area contributed by atoms with Crippen molar-refractivity contribution in [2.24, 2.45) is 0 Å². The quantitative estimate of drug-likeness (QED) is 0.149. The lowest BCUT2D eigenvalue weighted by Crippen LogP contribution is -2.02. The van der Waals surface area contributed by atoms with Crippen molar-refractivity contribution in [1.82, 2.24) is 49.8 Å². The largest absolute Gasteiger partial charge is 0.256 e. The molecule has 0 saturated carbocycles. The molecule has 0 spiro atoms. The van der Waals surface area contributed by atoms with Crippen molar-refractivity contribution in [3.05, 3.63) is 195 Å². The number of hydrogen-bond acceptors (Lipinski definition) is 10. The zero-order valence-electron chi connectivity index (χ0n) is 35.9. The molecule has 10 heteroatoms. The fourth-order valence-corrected chi connectivity index (χ4v) is 9.52. The Labute approximate surface area is 387 Å². The van der Waals surface area contributed by atoms with Gasteiger partial charge in [-0.3, -0.25) is 19.9 Å². The maximum atomic E-state index is 5.23.